The van der Waals surface area contributed by atoms with E-state index in [0.717, 1.165) is 18.2 Å². The Balaban J connectivity index is 1.39. The maximum Gasteiger partial charge on any atom is 0.406 e. The first-order valence-corrected chi connectivity index (χ1v) is 12.5. The zero-order valence-electron chi connectivity index (χ0n) is 24.8. The molecule has 14 heteroatoms. The molecule has 214 valence electrons. The lowest BCUT2D eigenvalue weighted by Crippen LogP contribution is -2.54. The lowest BCUT2D eigenvalue weighted by Gasteiger charge is -2.34. The molecular formula is C26H27F5N6O3. The molecule has 2 N–H and O–H groups in total. The highest BCUT2D eigenvalue weighted by atomic mass is 19.4. The van der Waals surface area contributed by atoms with Gasteiger partial charge in [0, 0.05) is 37.7 Å². The lowest BCUT2D eigenvalue weighted by molar-refractivity contribution is -0.162. The molecule has 0 saturated carbocycles. The minimum absolute atomic E-state index is 0.0852. The van der Waals surface area contributed by atoms with Gasteiger partial charge in [0.1, 0.15) is 12.5 Å². The molecule has 2 saturated heterocycles. The van der Waals surface area contributed by atoms with E-state index >= 15 is 0 Å². The maximum absolute atomic E-state index is 14.7. The molecule has 2 atom stereocenters. The average molecular weight is 571 g/mol. The van der Waals surface area contributed by atoms with Crippen molar-refractivity contribution < 1.29 is 37.0 Å². The number of aromatic nitrogens is 3. The molecule has 0 aliphatic carbocycles. The van der Waals surface area contributed by atoms with Crippen LogP contribution in [0.1, 0.15) is 48.7 Å². The first-order valence-electron chi connectivity index (χ1n) is 14.5. The number of carbonyl (C=O) groups is 2. The number of halogens is 5. The summed E-state index contributed by atoms with van der Waals surface area (Å²) in [5, 5.41) is 2.30. The summed E-state index contributed by atoms with van der Waals surface area (Å²) in [6.45, 7) is -7.91. The van der Waals surface area contributed by atoms with Gasteiger partial charge in [-0.15, -0.1) is 0 Å². The number of hydrogen-bond acceptors (Lipinski definition) is 4. The van der Waals surface area contributed by atoms with E-state index in [0.29, 0.717) is 24.0 Å². The summed E-state index contributed by atoms with van der Waals surface area (Å²) in [5.41, 5.74) is -0.100. The summed E-state index contributed by atoms with van der Waals surface area (Å²) in [5.74, 6) is -6.57. The normalized spacial score (nSPS) is 24.2. The highest BCUT2D eigenvalue weighted by Crippen LogP contribution is 2.32. The van der Waals surface area contributed by atoms with Gasteiger partial charge >= 0.3 is 17.9 Å². The number of amides is 3. The Morgan fingerprint density at radius 1 is 1.12 bits per heavy atom. The van der Waals surface area contributed by atoms with E-state index in [2.05, 4.69) is 15.3 Å². The van der Waals surface area contributed by atoms with Crippen molar-refractivity contribution in [3.05, 3.63) is 64.2 Å². The number of H-pyrrole nitrogens is 1. The van der Waals surface area contributed by atoms with Gasteiger partial charge in [0.15, 0.2) is 17.3 Å². The van der Waals surface area contributed by atoms with Crippen molar-refractivity contribution in [3.8, 4) is 0 Å². The molecule has 0 radical (unpaired) electrons. The fourth-order valence-corrected chi connectivity index (χ4v) is 5.15. The zero-order chi connectivity index (χ0) is 32.2. The molecule has 1 aromatic carbocycles. The number of carbonyl (C=O) groups excluding carboxylic acids is 2. The number of hydrogen-bond donors (Lipinski definition) is 2. The summed E-state index contributed by atoms with van der Waals surface area (Å²) in [6.07, 6.45) is -4.68. The van der Waals surface area contributed by atoms with Crippen LogP contribution in [0, 0.1) is 11.6 Å². The number of piperidine rings is 1. The molecule has 2 aliphatic rings. The Kier molecular flexibility index (Phi) is 6.21. The largest absolute Gasteiger partial charge is 0.406 e. The zero-order valence-corrected chi connectivity index (χ0v) is 20.8. The van der Waals surface area contributed by atoms with E-state index in [1.54, 1.807) is 12.1 Å². The van der Waals surface area contributed by atoms with Gasteiger partial charge in [-0.25, -0.2) is 23.4 Å². The predicted octanol–water partition coefficient (Wildman–Crippen LogP) is 3.69. The molecule has 4 heterocycles. The Bertz CT molecular complexity index is 1640. The third-order valence-electron chi connectivity index (χ3n) is 7.05. The van der Waals surface area contributed by atoms with Crippen molar-refractivity contribution >= 4 is 23.1 Å². The second-order valence-electron chi connectivity index (χ2n) is 9.58. The number of urea groups is 1. The number of pyridine rings is 1. The number of alkyl halides is 3. The number of rotatable bonds is 4. The summed E-state index contributed by atoms with van der Waals surface area (Å²) >= 11 is 0. The quantitative estimate of drug-likeness (QED) is 0.467. The molecule has 3 aromatic rings. The fourth-order valence-electron chi connectivity index (χ4n) is 5.15. The Hall–Kier alpha value is -3.97. The molecule has 40 heavy (non-hydrogen) atoms. The number of aromatic amines is 1. The van der Waals surface area contributed by atoms with Crippen LogP contribution in [-0.4, -0.2) is 74.6 Å². The molecule has 2 aliphatic heterocycles. The van der Waals surface area contributed by atoms with Crippen LogP contribution in [-0.2, 0) is 4.79 Å². The molecule has 0 spiro atoms. The molecule has 3 amide bonds. The standard InChI is InChI=1S/C26H27F5N6O3/c27-18-4-1-3-17(21(18)28)15-6-7-19(23(38)36(13-15)14-26(29,30)31)33-24(39)35-11-8-16(9-12-35)37-20-5-2-10-32-22(20)34-25(37)40/h1-5,10,15-16,19H,6-9,11-14H2,(H,33,39)(H,32,34,40)/t15-,19-/m1/s1/i13D2,14D2. The topological polar surface area (TPSA) is 103 Å². The minimum atomic E-state index is -5.78. The van der Waals surface area contributed by atoms with Gasteiger partial charge in [0.25, 0.3) is 0 Å². The van der Waals surface area contributed by atoms with Crippen LogP contribution in [0.4, 0.5) is 26.7 Å². The summed E-state index contributed by atoms with van der Waals surface area (Å²) in [6, 6.07) is 3.06. The van der Waals surface area contributed by atoms with Crippen LogP contribution in [0.25, 0.3) is 11.2 Å². The molecule has 5 rings (SSSR count). The Morgan fingerprint density at radius 2 is 1.88 bits per heavy atom. The molecule has 2 aromatic heterocycles. The predicted molar refractivity (Wildman–Crippen MR) is 133 cm³/mol. The minimum Gasteiger partial charge on any atom is -0.331 e. The van der Waals surface area contributed by atoms with Gasteiger partial charge in [-0.2, -0.15) is 13.2 Å². The van der Waals surface area contributed by atoms with E-state index in [4.69, 9.17) is 5.48 Å². The van der Waals surface area contributed by atoms with E-state index in [9.17, 15) is 36.3 Å². The summed E-state index contributed by atoms with van der Waals surface area (Å²) in [4.78, 5) is 46.6. The Labute approximate surface area is 230 Å². The van der Waals surface area contributed by atoms with Gasteiger partial charge < -0.3 is 15.1 Å². The van der Waals surface area contributed by atoms with Crippen molar-refractivity contribution in [2.24, 2.45) is 0 Å². The molecule has 9 nitrogen and oxygen atoms in total. The van der Waals surface area contributed by atoms with Crippen LogP contribution < -0.4 is 11.0 Å². The smallest absolute Gasteiger partial charge is 0.331 e. The van der Waals surface area contributed by atoms with Crippen LogP contribution in [0.5, 0.6) is 0 Å². The van der Waals surface area contributed by atoms with Crippen LogP contribution in [0.15, 0.2) is 41.3 Å². The average Bonchev–Trinajstić information content (AvgIpc) is 3.24. The second-order valence-corrected chi connectivity index (χ2v) is 9.58. The SMILES string of the molecule is [2H]C1([2H])[C@H](c2cccc(F)c2F)CC[C@@H](NC(=O)N2CCC(n3c(=O)[nH]c4ncccc43)CC2)C(=O)N1C([2H])([2H])C(F)(F)F. The van der Waals surface area contributed by atoms with Crippen molar-refractivity contribution in [1.82, 2.24) is 29.7 Å². The van der Waals surface area contributed by atoms with Crippen molar-refractivity contribution in [2.45, 2.75) is 49.9 Å². The number of nitrogens with one attached hydrogen (secondary N) is 2. The monoisotopic (exact) mass is 570 g/mol. The van der Waals surface area contributed by atoms with Gasteiger partial charge in [-0.1, -0.05) is 12.1 Å². The van der Waals surface area contributed by atoms with Gasteiger partial charge in [-0.05, 0) is 49.4 Å². The van der Waals surface area contributed by atoms with Gasteiger partial charge in [-0.3, -0.25) is 14.3 Å². The molecule has 2 fully saturated rings. The third kappa shape index (κ3) is 5.65. The summed E-state index contributed by atoms with van der Waals surface area (Å²) in [7, 11) is 0. The van der Waals surface area contributed by atoms with Crippen molar-refractivity contribution in [3.63, 3.8) is 0 Å². The fraction of sp³-hybridized carbons (Fsp3) is 0.462. The molecule has 0 bridgehead atoms. The van der Waals surface area contributed by atoms with Crippen LogP contribution >= 0.6 is 0 Å². The van der Waals surface area contributed by atoms with Crippen molar-refractivity contribution in [2.75, 3.05) is 26.1 Å². The molecule has 0 unspecified atom stereocenters. The number of likely N-dealkylation sites (tertiary alicyclic amines) is 2. The second kappa shape index (κ2) is 10.9. The first kappa shape index (κ1) is 22.8. The summed E-state index contributed by atoms with van der Waals surface area (Å²) < 4.78 is 104. The van der Waals surface area contributed by atoms with E-state index in [1.165, 1.54) is 15.7 Å². The van der Waals surface area contributed by atoms with Crippen LogP contribution in [0.3, 0.4) is 0 Å². The van der Waals surface area contributed by atoms with E-state index < -0.39 is 78.0 Å². The van der Waals surface area contributed by atoms with Gasteiger partial charge in [0.05, 0.1) is 11.0 Å². The maximum atomic E-state index is 14.7. The van der Waals surface area contributed by atoms with Crippen LogP contribution in [0.2, 0.25) is 0 Å². The highest BCUT2D eigenvalue weighted by Gasteiger charge is 2.40. The number of imidazole rings is 1. The first-order chi connectivity index (χ1) is 20.6. The number of fused-ring (bicyclic) bond motifs is 1. The third-order valence-corrected chi connectivity index (χ3v) is 7.05. The van der Waals surface area contributed by atoms with Gasteiger partial charge in [0.2, 0.25) is 5.91 Å². The van der Waals surface area contributed by atoms with Crippen molar-refractivity contribution in [1.29, 1.82) is 0 Å². The van der Waals surface area contributed by atoms with E-state index in [-0.39, 0.29) is 24.8 Å². The number of nitrogens with zero attached hydrogens (tertiary/aromatic N) is 4. The number of benzene rings is 1. The Morgan fingerprint density at radius 3 is 2.60 bits per heavy atom. The van der Waals surface area contributed by atoms with E-state index in [1.807, 2.05) is 0 Å². The molecular weight excluding hydrogens is 539 g/mol. The lowest BCUT2D eigenvalue weighted by atomic mass is 9.93. The highest BCUT2D eigenvalue weighted by molar-refractivity contribution is 5.87.